The van der Waals surface area contributed by atoms with E-state index in [0.717, 1.165) is 53.0 Å². The lowest BCUT2D eigenvalue weighted by atomic mass is 9.88. The molecule has 0 radical (unpaired) electrons. The van der Waals surface area contributed by atoms with Crippen LogP contribution in [0.1, 0.15) is 36.3 Å². The van der Waals surface area contributed by atoms with Crippen molar-refractivity contribution in [1.82, 2.24) is 9.97 Å². The number of hydrogen-bond donors (Lipinski definition) is 4. The first kappa shape index (κ1) is 29.0. The number of alkyl halides is 3. The maximum Gasteiger partial charge on any atom is 0.490 e. The molecule has 0 aliphatic heterocycles. The van der Waals surface area contributed by atoms with E-state index in [1.54, 1.807) is 6.20 Å². The Morgan fingerprint density at radius 1 is 1.00 bits per heavy atom. The summed E-state index contributed by atoms with van der Waals surface area (Å²) < 4.78 is 37.7. The Kier molecular flexibility index (Phi) is 10.3. The molecule has 0 saturated heterocycles. The third kappa shape index (κ3) is 9.06. The summed E-state index contributed by atoms with van der Waals surface area (Å²) in [4.78, 5) is 27.9. The maximum absolute atomic E-state index is 11.5. The Labute approximate surface area is 222 Å². The number of fused-ring (bicyclic) bond motifs is 1. The van der Waals surface area contributed by atoms with Gasteiger partial charge in [0.2, 0.25) is 0 Å². The first-order valence-electron chi connectivity index (χ1n) is 12.1. The summed E-state index contributed by atoms with van der Waals surface area (Å²) in [5.41, 5.74) is 2.93. The van der Waals surface area contributed by atoms with Crippen LogP contribution in [-0.4, -0.2) is 51.4 Å². The summed E-state index contributed by atoms with van der Waals surface area (Å²) in [5.74, 6) is -2.09. The zero-order valence-electron chi connectivity index (χ0n) is 20.8. The van der Waals surface area contributed by atoms with Crippen LogP contribution < -0.4 is 10.1 Å². The van der Waals surface area contributed by atoms with Crippen molar-refractivity contribution in [3.8, 4) is 5.75 Å². The quantitative estimate of drug-likeness (QED) is 0.169. The predicted octanol–water partition coefficient (Wildman–Crippen LogP) is 6.07. The second-order valence-corrected chi connectivity index (χ2v) is 8.51. The number of halogens is 3. The minimum atomic E-state index is -5.08. The highest BCUT2D eigenvalue weighted by Crippen LogP contribution is 2.34. The van der Waals surface area contributed by atoms with Crippen molar-refractivity contribution in [1.29, 1.82) is 0 Å². The predicted molar refractivity (Wildman–Crippen MR) is 140 cm³/mol. The van der Waals surface area contributed by atoms with Gasteiger partial charge >= 0.3 is 18.1 Å². The van der Waals surface area contributed by atoms with Gasteiger partial charge in [0.25, 0.3) is 0 Å². The fraction of sp³-hybridized carbons (Fsp3) is 0.250. The number of aliphatic carboxylic acids is 2. The van der Waals surface area contributed by atoms with Crippen LogP contribution in [0.2, 0.25) is 0 Å². The van der Waals surface area contributed by atoms with Crippen molar-refractivity contribution in [2.75, 3.05) is 18.5 Å². The summed E-state index contributed by atoms with van der Waals surface area (Å²) in [6, 6.07) is 21.5. The van der Waals surface area contributed by atoms with Gasteiger partial charge in [-0.3, -0.25) is 4.79 Å². The highest BCUT2D eigenvalue weighted by Gasteiger charge is 2.38. The van der Waals surface area contributed by atoms with Crippen molar-refractivity contribution in [2.45, 2.75) is 31.4 Å². The second-order valence-electron chi connectivity index (χ2n) is 8.51. The fourth-order valence-corrected chi connectivity index (χ4v) is 3.87. The normalized spacial score (nSPS) is 11.8. The number of rotatable bonds is 11. The van der Waals surface area contributed by atoms with Gasteiger partial charge in [0, 0.05) is 41.8 Å². The van der Waals surface area contributed by atoms with E-state index in [9.17, 15) is 23.1 Å². The molecule has 4 rings (SSSR count). The molecule has 0 bridgehead atoms. The number of carboxylic acid groups (broad SMARTS) is 2. The molecule has 2 heterocycles. The summed E-state index contributed by atoms with van der Waals surface area (Å²) in [6.07, 6.45) is 0.569. The lowest BCUT2D eigenvalue weighted by Gasteiger charge is -2.15. The van der Waals surface area contributed by atoms with Crippen LogP contribution in [0.25, 0.3) is 10.9 Å². The topological polar surface area (TPSA) is 125 Å². The molecule has 2 aromatic carbocycles. The molecule has 0 aliphatic carbocycles. The van der Waals surface area contributed by atoms with Crippen molar-refractivity contribution in [3.63, 3.8) is 0 Å². The third-order valence-electron chi connectivity index (χ3n) is 5.69. The van der Waals surface area contributed by atoms with Crippen LogP contribution in [0.15, 0.2) is 79.1 Å². The summed E-state index contributed by atoms with van der Waals surface area (Å²) in [6.45, 7) is 1.48. The number of hydrogen-bond acceptors (Lipinski definition) is 5. The highest BCUT2D eigenvalue weighted by atomic mass is 19.4. The first-order valence-corrected chi connectivity index (χ1v) is 12.1. The largest absolute Gasteiger partial charge is 0.494 e. The van der Waals surface area contributed by atoms with Gasteiger partial charge in [0.05, 0.1) is 13.0 Å². The van der Waals surface area contributed by atoms with Crippen LogP contribution in [0.3, 0.4) is 0 Å². The number of aromatic nitrogens is 2. The van der Waals surface area contributed by atoms with Crippen molar-refractivity contribution in [3.05, 3.63) is 90.3 Å². The number of pyridine rings is 1. The van der Waals surface area contributed by atoms with Gasteiger partial charge in [-0.25, -0.2) is 9.78 Å². The molecule has 4 N–H and O–H groups in total. The number of carbonyl (C=O) groups is 2. The molecule has 4 aromatic rings. The standard InChI is InChI=1S/C26H27N3O3.C2HF3O2/c30-26(31)17-22(19-8-2-1-3-9-19)23-18-29-24-16-20(11-12-21(23)24)32-15-7-6-14-28-25-10-4-5-13-27-25;3-2(4,5)1(6)7/h1-5,8-13,16,18,22,29H,6-7,14-15,17H2,(H,27,28)(H,30,31);(H,6,7). The number of nitrogens with zero attached hydrogens (tertiary/aromatic N) is 1. The fourth-order valence-electron chi connectivity index (χ4n) is 3.87. The average molecular weight is 544 g/mol. The number of ether oxygens (including phenoxy) is 1. The SMILES string of the molecule is O=C(O)C(F)(F)F.O=C(O)CC(c1ccccc1)c1c[nH]c2cc(OCCCCNc3ccccn3)ccc12. The Bertz CT molecular complexity index is 1350. The number of carboxylic acids is 2. The molecule has 0 saturated carbocycles. The Balaban J connectivity index is 0.000000532. The lowest BCUT2D eigenvalue weighted by Crippen LogP contribution is -2.21. The molecule has 1 unspecified atom stereocenters. The van der Waals surface area contributed by atoms with Gasteiger partial charge in [-0.05, 0) is 48.2 Å². The lowest BCUT2D eigenvalue weighted by molar-refractivity contribution is -0.192. The van der Waals surface area contributed by atoms with E-state index in [2.05, 4.69) is 15.3 Å². The molecular weight excluding hydrogens is 515 g/mol. The van der Waals surface area contributed by atoms with Crippen molar-refractivity contribution < 1.29 is 37.7 Å². The smallest absolute Gasteiger partial charge is 0.490 e. The average Bonchev–Trinajstić information content (AvgIpc) is 3.33. The molecule has 0 aliphatic rings. The highest BCUT2D eigenvalue weighted by molar-refractivity contribution is 5.86. The minimum absolute atomic E-state index is 0.0434. The van der Waals surface area contributed by atoms with Gasteiger partial charge in [-0.15, -0.1) is 0 Å². The van der Waals surface area contributed by atoms with E-state index < -0.39 is 18.1 Å². The van der Waals surface area contributed by atoms with E-state index in [4.69, 9.17) is 14.6 Å². The van der Waals surface area contributed by atoms with Crippen LogP contribution in [0.4, 0.5) is 19.0 Å². The van der Waals surface area contributed by atoms with Gasteiger partial charge in [-0.2, -0.15) is 13.2 Å². The van der Waals surface area contributed by atoms with Gasteiger partial charge in [0.15, 0.2) is 0 Å². The van der Waals surface area contributed by atoms with E-state index in [-0.39, 0.29) is 12.3 Å². The Hall–Kier alpha value is -4.54. The molecule has 1 atom stereocenters. The van der Waals surface area contributed by atoms with E-state index in [1.165, 1.54) is 0 Å². The van der Waals surface area contributed by atoms with Crippen LogP contribution in [-0.2, 0) is 9.59 Å². The molecule has 206 valence electrons. The molecule has 0 spiro atoms. The Morgan fingerprint density at radius 3 is 2.36 bits per heavy atom. The third-order valence-corrected chi connectivity index (χ3v) is 5.69. The van der Waals surface area contributed by atoms with Gasteiger partial charge < -0.3 is 25.3 Å². The summed E-state index contributed by atoms with van der Waals surface area (Å²) in [5, 5.41) is 20.9. The van der Waals surface area contributed by atoms with Gasteiger partial charge in [0.1, 0.15) is 11.6 Å². The molecule has 0 fully saturated rings. The van der Waals surface area contributed by atoms with Crippen LogP contribution in [0, 0.1) is 0 Å². The zero-order valence-corrected chi connectivity index (χ0v) is 20.8. The summed E-state index contributed by atoms with van der Waals surface area (Å²) in [7, 11) is 0. The number of benzene rings is 2. The molecule has 39 heavy (non-hydrogen) atoms. The molecule has 11 heteroatoms. The molecular formula is C28H28F3N3O5. The number of unbranched alkanes of at least 4 members (excludes halogenated alkanes) is 1. The molecule has 0 amide bonds. The maximum atomic E-state index is 11.5. The van der Waals surface area contributed by atoms with Crippen molar-refractivity contribution in [2.24, 2.45) is 0 Å². The van der Waals surface area contributed by atoms with Crippen molar-refractivity contribution >= 4 is 28.7 Å². The monoisotopic (exact) mass is 543 g/mol. The number of nitrogens with one attached hydrogen (secondary N) is 2. The van der Waals surface area contributed by atoms with E-state index in [0.29, 0.717) is 6.61 Å². The first-order chi connectivity index (χ1) is 18.6. The minimum Gasteiger partial charge on any atom is -0.494 e. The van der Waals surface area contributed by atoms with Gasteiger partial charge in [-0.1, -0.05) is 36.4 Å². The number of anilines is 1. The van der Waals surface area contributed by atoms with Crippen LogP contribution in [0.5, 0.6) is 5.75 Å². The van der Waals surface area contributed by atoms with Crippen LogP contribution >= 0.6 is 0 Å². The number of aromatic amines is 1. The summed E-state index contributed by atoms with van der Waals surface area (Å²) >= 11 is 0. The molecule has 2 aromatic heterocycles. The Morgan fingerprint density at radius 2 is 1.72 bits per heavy atom. The zero-order chi connectivity index (χ0) is 28.3. The van der Waals surface area contributed by atoms with E-state index in [1.807, 2.05) is 72.9 Å². The number of H-pyrrole nitrogens is 1. The second kappa shape index (κ2) is 13.8. The molecule has 8 nitrogen and oxygen atoms in total. The van der Waals surface area contributed by atoms with E-state index >= 15 is 0 Å².